The highest BCUT2D eigenvalue weighted by molar-refractivity contribution is 7.00. The maximum Gasteiger partial charge on any atom is 0.252 e. The third kappa shape index (κ3) is 9.64. The lowest BCUT2D eigenvalue weighted by molar-refractivity contribution is 1.07. The minimum atomic E-state index is -0.163. The predicted octanol–water partition coefficient (Wildman–Crippen LogP) is 20.3. The molecule has 0 spiro atoms. The lowest BCUT2D eigenvalue weighted by atomic mass is 9.33. The molecule has 0 amide bonds. The Hall–Kier alpha value is -13.0. The topological polar surface area (TPSA) is 73.9 Å². The molecule has 0 saturated carbocycles. The van der Waals surface area contributed by atoms with Crippen molar-refractivity contribution in [3.05, 3.63) is 345 Å². The molecule has 4 heterocycles. The van der Waals surface area contributed by atoms with E-state index < -0.39 is 0 Å². The van der Waals surface area contributed by atoms with Crippen LogP contribution in [0.4, 0.5) is 34.1 Å². The smallest absolute Gasteiger partial charge is 0.252 e. The quantitative estimate of drug-likeness (QED) is 0.120. The number of nitrogens with zero attached hydrogens (tertiary/aromatic N) is 7. The Bertz CT molecular complexity index is 5440. The molecule has 7 nitrogen and oxygen atoms in total. The van der Waals surface area contributed by atoms with Crippen molar-refractivity contribution in [3.8, 4) is 102 Å². The van der Waals surface area contributed by atoms with Crippen molar-refractivity contribution in [2.75, 3.05) is 9.80 Å². The van der Waals surface area contributed by atoms with Gasteiger partial charge in [-0.1, -0.05) is 255 Å². The molecule has 0 aliphatic carbocycles. The summed E-state index contributed by atoms with van der Waals surface area (Å²) in [5.74, 6) is 1.60. The molecular formula is C88H56BN7. The van der Waals surface area contributed by atoms with Crippen LogP contribution >= 0.6 is 0 Å². The number of hydrogen-bond donors (Lipinski definition) is 0. The molecule has 14 aromatic carbocycles. The van der Waals surface area contributed by atoms with E-state index in [4.69, 9.17) is 15.0 Å². The maximum absolute atomic E-state index is 11.2. The van der Waals surface area contributed by atoms with Gasteiger partial charge >= 0.3 is 0 Å². The minimum absolute atomic E-state index is 0.163. The monoisotopic (exact) mass is 1220 g/mol. The van der Waals surface area contributed by atoms with Gasteiger partial charge in [-0.05, 0) is 157 Å². The van der Waals surface area contributed by atoms with Crippen molar-refractivity contribution in [1.29, 1.82) is 5.26 Å². The van der Waals surface area contributed by atoms with Gasteiger partial charge in [0.05, 0.1) is 22.3 Å². The SMILES string of the molecule is N#Cc1cc(-c2nc(-c3ccccc3)nc(-c3ccccc3)n2)ccc1-n1c2ccccc2c2cc(-c3cc4c5c(c3)N(c3ccc(-c6ccccc6)cc3)c3ccc(-c6ccccc6)cc3B5c3cc(-c5ccccc5)ccc3N4c3ccc(-c4ccccc4)cc3)ccc21. The van der Waals surface area contributed by atoms with E-state index in [-0.39, 0.29) is 6.71 Å². The highest BCUT2D eigenvalue weighted by Crippen LogP contribution is 2.48. The Kier molecular flexibility index (Phi) is 13.6. The molecule has 8 heteroatoms. The fourth-order valence-corrected chi connectivity index (χ4v) is 14.5. The van der Waals surface area contributed by atoms with E-state index in [1.54, 1.807) is 0 Å². The van der Waals surface area contributed by atoms with E-state index in [0.717, 1.165) is 112 Å². The fourth-order valence-electron chi connectivity index (χ4n) is 14.5. The van der Waals surface area contributed by atoms with Crippen LogP contribution in [0.1, 0.15) is 5.56 Å². The number of rotatable bonds is 11. The molecule has 446 valence electrons. The average Bonchev–Trinajstić information content (AvgIpc) is 0.797. The molecule has 16 aromatic rings. The van der Waals surface area contributed by atoms with Crippen molar-refractivity contribution in [3.63, 3.8) is 0 Å². The van der Waals surface area contributed by atoms with Gasteiger partial charge in [0.1, 0.15) is 6.07 Å². The third-order valence-electron chi connectivity index (χ3n) is 19.1. The summed E-state index contributed by atoms with van der Waals surface area (Å²) in [5, 5.41) is 13.4. The van der Waals surface area contributed by atoms with Crippen LogP contribution in [0.2, 0.25) is 0 Å². The number of aromatic nitrogens is 4. The summed E-state index contributed by atoms with van der Waals surface area (Å²) in [6.45, 7) is -0.163. The van der Waals surface area contributed by atoms with E-state index in [1.807, 2.05) is 78.9 Å². The Morgan fingerprint density at radius 1 is 0.260 bits per heavy atom. The van der Waals surface area contributed by atoms with Crippen LogP contribution in [-0.2, 0) is 0 Å². The van der Waals surface area contributed by atoms with Gasteiger partial charge in [-0.25, -0.2) is 15.0 Å². The van der Waals surface area contributed by atoms with Crippen LogP contribution in [0.5, 0.6) is 0 Å². The van der Waals surface area contributed by atoms with Gasteiger partial charge in [-0.3, -0.25) is 0 Å². The molecule has 2 aliphatic rings. The summed E-state index contributed by atoms with van der Waals surface area (Å²) >= 11 is 0. The first kappa shape index (κ1) is 55.9. The van der Waals surface area contributed by atoms with Gasteiger partial charge in [0.25, 0.3) is 6.71 Å². The molecule has 0 saturated heterocycles. The summed E-state index contributed by atoms with van der Waals surface area (Å²) in [6.07, 6.45) is 0. The molecule has 0 bridgehead atoms. The van der Waals surface area contributed by atoms with Crippen molar-refractivity contribution in [2.24, 2.45) is 0 Å². The zero-order valence-electron chi connectivity index (χ0n) is 52.0. The predicted molar refractivity (Wildman–Crippen MR) is 396 cm³/mol. The summed E-state index contributed by atoms with van der Waals surface area (Å²) in [4.78, 5) is 20.0. The van der Waals surface area contributed by atoms with Gasteiger partial charge in [0.15, 0.2) is 17.5 Å². The maximum atomic E-state index is 11.2. The van der Waals surface area contributed by atoms with Crippen LogP contribution < -0.4 is 26.2 Å². The summed E-state index contributed by atoms with van der Waals surface area (Å²) in [7, 11) is 0. The Morgan fingerprint density at radius 2 is 0.615 bits per heavy atom. The standard InChI is InChI=1S/C88H56BN7/c90-57-71-51-69(88-92-86(64-29-15-5-16-30-64)91-87(93-88)65-31-17-6-18-32-65)42-47-78(71)96-79-34-20-19-33-74(79)75-52-66(39-48-80(75)96)70-55-83-85-84(56-70)95(73-45-37-63(38-46-73)59-23-9-2-10-24-59)82-50-41-68(61-27-13-4-14-28-61)54-77(82)89(85)76-53-67(60-25-11-3-12-26-60)40-49-81(76)94(83)72-43-35-62(36-44-72)58-21-7-1-8-22-58/h1-56H. The highest BCUT2D eigenvalue weighted by atomic mass is 15.2. The normalized spacial score (nSPS) is 12.1. The van der Waals surface area contributed by atoms with Crippen LogP contribution in [0, 0.1) is 11.3 Å². The number of para-hydroxylation sites is 1. The third-order valence-corrected chi connectivity index (χ3v) is 19.1. The molecule has 0 atom stereocenters. The molecule has 18 rings (SSSR count). The van der Waals surface area contributed by atoms with Gasteiger partial charge in [-0.15, -0.1) is 0 Å². The lowest BCUT2D eigenvalue weighted by Crippen LogP contribution is -2.61. The van der Waals surface area contributed by atoms with Crippen molar-refractivity contribution in [2.45, 2.75) is 0 Å². The van der Waals surface area contributed by atoms with Crippen molar-refractivity contribution in [1.82, 2.24) is 19.5 Å². The largest absolute Gasteiger partial charge is 0.311 e. The summed E-state index contributed by atoms with van der Waals surface area (Å²) in [5.41, 5.74) is 27.4. The zero-order chi connectivity index (χ0) is 63.6. The van der Waals surface area contributed by atoms with E-state index in [2.05, 4.69) is 281 Å². The first-order valence-corrected chi connectivity index (χ1v) is 32.5. The second-order valence-electron chi connectivity index (χ2n) is 24.6. The van der Waals surface area contributed by atoms with Gasteiger partial charge in [0, 0.05) is 61.6 Å². The summed E-state index contributed by atoms with van der Waals surface area (Å²) < 4.78 is 2.24. The van der Waals surface area contributed by atoms with E-state index in [1.165, 1.54) is 38.6 Å². The molecule has 2 aromatic heterocycles. The zero-order valence-corrected chi connectivity index (χ0v) is 52.0. The van der Waals surface area contributed by atoms with Gasteiger partial charge < -0.3 is 14.4 Å². The molecule has 96 heavy (non-hydrogen) atoms. The number of nitriles is 1. The molecule has 2 aliphatic heterocycles. The van der Waals surface area contributed by atoms with Crippen LogP contribution in [0.3, 0.4) is 0 Å². The molecule has 0 unspecified atom stereocenters. The lowest BCUT2D eigenvalue weighted by Gasteiger charge is -2.44. The van der Waals surface area contributed by atoms with Crippen molar-refractivity contribution >= 4 is 79.0 Å². The Balaban J connectivity index is 0.850. The number of anilines is 6. The van der Waals surface area contributed by atoms with Crippen LogP contribution in [0.25, 0.3) is 117 Å². The first-order chi connectivity index (χ1) is 47.5. The Labute approximate surface area is 557 Å². The Morgan fingerprint density at radius 3 is 1.08 bits per heavy atom. The number of hydrogen-bond acceptors (Lipinski definition) is 6. The second-order valence-corrected chi connectivity index (χ2v) is 24.6. The van der Waals surface area contributed by atoms with E-state index in [9.17, 15) is 5.26 Å². The molecular weight excluding hydrogens is 1170 g/mol. The van der Waals surface area contributed by atoms with E-state index >= 15 is 0 Å². The summed E-state index contributed by atoms with van der Waals surface area (Å²) in [6, 6.07) is 124. The number of benzene rings is 14. The van der Waals surface area contributed by atoms with Crippen LogP contribution in [-0.4, -0.2) is 26.2 Å². The molecule has 0 radical (unpaired) electrons. The average molecular weight is 1220 g/mol. The highest BCUT2D eigenvalue weighted by Gasteiger charge is 2.44. The minimum Gasteiger partial charge on any atom is -0.311 e. The number of fused-ring (bicyclic) bond motifs is 7. The fraction of sp³-hybridized carbons (Fsp3) is 0. The second kappa shape index (κ2) is 23.3. The molecule has 0 N–H and O–H groups in total. The first-order valence-electron chi connectivity index (χ1n) is 32.5. The van der Waals surface area contributed by atoms with Gasteiger partial charge in [0.2, 0.25) is 0 Å². The van der Waals surface area contributed by atoms with Crippen LogP contribution in [0.15, 0.2) is 340 Å². The van der Waals surface area contributed by atoms with E-state index in [0.29, 0.717) is 23.0 Å². The van der Waals surface area contributed by atoms with Crippen molar-refractivity contribution < 1.29 is 0 Å². The molecule has 0 fully saturated rings. The van der Waals surface area contributed by atoms with Gasteiger partial charge in [-0.2, -0.15) is 5.26 Å².